The highest BCUT2D eigenvalue weighted by atomic mass is 16.1. The summed E-state index contributed by atoms with van der Waals surface area (Å²) >= 11 is 0. The Labute approximate surface area is 136 Å². The third-order valence-electron chi connectivity index (χ3n) is 4.00. The van der Waals surface area contributed by atoms with Crippen molar-refractivity contribution in [1.82, 2.24) is 5.32 Å². The van der Waals surface area contributed by atoms with Gasteiger partial charge >= 0.3 is 0 Å². The molecule has 0 fully saturated rings. The molecule has 0 saturated carbocycles. The molecule has 1 amide bonds. The molecule has 0 aliphatic carbocycles. The van der Waals surface area contributed by atoms with E-state index in [0.717, 1.165) is 24.8 Å². The topological polar surface area (TPSA) is 29.1 Å². The van der Waals surface area contributed by atoms with Crippen LogP contribution in [0.15, 0.2) is 42.5 Å². The van der Waals surface area contributed by atoms with E-state index in [4.69, 9.17) is 0 Å². The predicted molar refractivity (Wildman–Crippen MR) is 94.6 cm³/mol. The van der Waals surface area contributed by atoms with Crippen LogP contribution in [-0.4, -0.2) is 5.91 Å². The van der Waals surface area contributed by atoms with Gasteiger partial charge in [0.05, 0.1) is 0 Å². The van der Waals surface area contributed by atoms with Gasteiger partial charge in [0.25, 0.3) is 0 Å². The molecule has 0 aliphatic rings. The number of benzene rings is 1. The van der Waals surface area contributed by atoms with Crippen molar-refractivity contribution in [2.24, 2.45) is 5.92 Å². The zero-order chi connectivity index (χ0) is 16.0. The molecule has 0 unspecified atom stereocenters. The fourth-order valence-corrected chi connectivity index (χ4v) is 2.50. The van der Waals surface area contributed by atoms with Crippen molar-refractivity contribution in [3.05, 3.63) is 48.0 Å². The number of rotatable bonds is 11. The number of nitrogens with one attached hydrogen (secondary N) is 1. The van der Waals surface area contributed by atoms with Crippen molar-refractivity contribution in [2.45, 2.75) is 65.3 Å². The summed E-state index contributed by atoms with van der Waals surface area (Å²) in [5.74, 6) is 0.315. The van der Waals surface area contributed by atoms with Crippen LogP contribution in [0, 0.1) is 5.92 Å². The van der Waals surface area contributed by atoms with Crippen LogP contribution in [-0.2, 0) is 11.3 Å². The predicted octanol–water partition coefficient (Wildman–Crippen LogP) is 5.25. The summed E-state index contributed by atoms with van der Waals surface area (Å²) in [6.45, 7) is 4.95. The average molecular weight is 301 g/mol. The third-order valence-corrected chi connectivity index (χ3v) is 4.00. The maximum atomic E-state index is 12.2. The maximum absolute atomic E-state index is 12.2. The van der Waals surface area contributed by atoms with Crippen LogP contribution in [0.3, 0.4) is 0 Å². The van der Waals surface area contributed by atoms with Crippen LogP contribution in [0.25, 0.3) is 0 Å². The molecule has 2 heteroatoms. The SMILES string of the molecule is CCCCC/C=C\CC[C@@H](CC)C(=O)NCc1ccccc1. The second kappa shape index (κ2) is 12.0. The van der Waals surface area contributed by atoms with Crippen LogP contribution in [0.1, 0.15) is 64.4 Å². The summed E-state index contributed by atoms with van der Waals surface area (Å²) in [7, 11) is 0. The first-order valence-electron chi connectivity index (χ1n) is 8.74. The van der Waals surface area contributed by atoms with Crippen LogP contribution in [0.2, 0.25) is 0 Å². The molecule has 1 aromatic carbocycles. The number of amides is 1. The van der Waals surface area contributed by atoms with Gasteiger partial charge in [-0.2, -0.15) is 0 Å². The highest BCUT2D eigenvalue weighted by Crippen LogP contribution is 2.12. The number of unbranched alkanes of at least 4 members (excludes halogenated alkanes) is 3. The van der Waals surface area contributed by atoms with Crippen LogP contribution >= 0.6 is 0 Å². The van der Waals surface area contributed by atoms with E-state index in [0.29, 0.717) is 6.54 Å². The summed E-state index contributed by atoms with van der Waals surface area (Å²) in [6, 6.07) is 10.1. The molecule has 1 atom stereocenters. The lowest BCUT2D eigenvalue weighted by atomic mass is 9.99. The summed E-state index contributed by atoms with van der Waals surface area (Å²) in [6.07, 6.45) is 12.4. The largest absolute Gasteiger partial charge is 0.352 e. The lowest BCUT2D eigenvalue weighted by Crippen LogP contribution is -2.29. The van der Waals surface area contributed by atoms with Gasteiger partial charge in [0.15, 0.2) is 0 Å². The first kappa shape index (κ1) is 18.5. The first-order chi connectivity index (χ1) is 10.8. The standard InChI is InChI=1S/C20H31NO/c1-3-5-6-7-8-9-13-16-19(4-2)20(22)21-17-18-14-11-10-12-15-18/h8-12,14-15,19H,3-7,13,16-17H2,1-2H3,(H,21,22)/b9-8-/t19-/m1/s1. The fraction of sp³-hybridized carbons (Fsp3) is 0.550. The van der Waals surface area contributed by atoms with Gasteiger partial charge in [-0.15, -0.1) is 0 Å². The molecular formula is C20H31NO. The van der Waals surface area contributed by atoms with E-state index < -0.39 is 0 Å². The fourth-order valence-electron chi connectivity index (χ4n) is 2.50. The van der Waals surface area contributed by atoms with Crippen molar-refractivity contribution in [1.29, 1.82) is 0 Å². The van der Waals surface area contributed by atoms with Crippen molar-refractivity contribution in [3.8, 4) is 0 Å². The number of hydrogen-bond acceptors (Lipinski definition) is 1. The molecule has 1 N–H and O–H groups in total. The van der Waals surface area contributed by atoms with Crippen LogP contribution in [0.4, 0.5) is 0 Å². The molecular weight excluding hydrogens is 270 g/mol. The Morgan fingerprint density at radius 1 is 1.09 bits per heavy atom. The molecule has 0 aromatic heterocycles. The molecule has 1 rings (SSSR count). The lowest BCUT2D eigenvalue weighted by molar-refractivity contribution is -0.125. The van der Waals surface area contributed by atoms with Gasteiger partial charge in [-0.3, -0.25) is 4.79 Å². The summed E-state index contributed by atoms with van der Waals surface area (Å²) in [5, 5.41) is 3.06. The average Bonchev–Trinajstić information content (AvgIpc) is 2.56. The first-order valence-corrected chi connectivity index (χ1v) is 8.74. The lowest BCUT2D eigenvalue weighted by Gasteiger charge is -2.14. The smallest absolute Gasteiger partial charge is 0.223 e. The van der Waals surface area contributed by atoms with Gasteiger partial charge < -0.3 is 5.32 Å². The Morgan fingerprint density at radius 3 is 2.50 bits per heavy atom. The highest BCUT2D eigenvalue weighted by Gasteiger charge is 2.14. The Morgan fingerprint density at radius 2 is 1.82 bits per heavy atom. The maximum Gasteiger partial charge on any atom is 0.223 e. The molecule has 0 radical (unpaired) electrons. The van der Waals surface area contributed by atoms with E-state index in [1.165, 1.54) is 25.7 Å². The molecule has 0 aliphatic heterocycles. The van der Waals surface area contributed by atoms with Crippen LogP contribution < -0.4 is 5.32 Å². The third kappa shape index (κ3) is 8.02. The minimum atomic E-state index is 0.129. The Hall–Kier alpha value is -1.57. The molecule has 2 nitrogen and oxygen atoms in total. The molecule has 122 valence electrons. The molecule has 0 spiro atoms. The van der Waals surface area contributed by atoms with Gasteiger partial charge in [0.1, 0.15) is 0 Å². The van der Waals surface area contributed by atoms with Crippen molar-refractivity contribution in [3.63, 3.8) is 0 Å². The minimum Gasteiger partial charge on any atom is -0.352 e. The molecule has 0 saturated heterocycles. The Balaban J connectivity index is 2.23. The zero-order valence-corrected chi connectivity index (χ0v) is 14.2. The summed E-state index contributed by atoms with van der Waals surface area (Å²) in [5.41, 5.74) is 1.15. The molecule has 0 bridgehead atoms. The van der Waals surface area contributed by atoms with Gasteiger partial charge in [0, 0.05) is 12.5 Å². The number of allylic oxidation sites excluding steroid dienone is 2. The normalized spacial score (nSPS) is 12.5. The van der Waals surface area contributed by atoms with Gasteiger partial charge in [0.2, 0.25) is 5.91 Å². The second-order valence-corrected chi connectivity index (χ2v) is 5.85. The quantitative estimate of drug-likeness (QED) is 0.439. The molecule has 22 heavy (non-hydrogen) atoms. The highest BCUT2D eigenvalue weighted by molar-refractivity contribution is 5.78. The van der Waals surface area contributed by atoms with Gasteiger partial charge in [-0.1, -0.05) is 69.2 Å². The minimum absolute atomic E-state index is 0.129. The van der Waals surface area contributed by atoms with E-state index in [9.17, 15) is 4.79 Å². The van der Waals surface area contributed by atoms with E-state index >= 15 is 0 Å². The monoisotopic (exact) mass is 301 g/mol. The van der Waals surface area contributed by atoms with Crippen LogP contribution in [0.5, 0.6) is 0 Å². The molecule has 0 heterocycles. The summed E-state index contributed by atoms with van der Waals surface area (Å²) in [4.78, 5) is 12.2. The Bertz CT molecular complexity index is 425. The van der Waals surface area contributed by atoms with E-state index in [-0.39, 0.29) is 11.8 Å². The summed E-state index contributed by atoms with van der Waals surface area (Å²) < 4.78 is 0. The van der Waals surface area contributed by atoms with E-state index in [2.05, 4.69) is 31.3 Å². The van der Waals surface area contributed by atoms with Crippen molar-refractivity contribution < 1.29 is 4.79 Å². The van der Waals surface area contributed by atoms with Crippen molar-refractivity contribution in [2.75, 3.05) is 0 Å². The Kier molecular flexibility index (Phi) is 10.1. The van der Waals surface area contributed by atoms with Gasteiger partial charge in [-0.05, 0) is 37.7 Å². The van der Waals surface area contributed by atoms with E-state index in [1.807, 2.05) is 30.3 Å². The number of carbonyl (C=O) groups excluding carboxylic acids is 1. The number of hydrogen-bond donors (Lipinski definition) is 1. The molecule has 1 aromatic rings. The number of carbonyl (C=O) groups is 1. The van der Waals surface area contributed by atoms with E-state index in [1.54, 1.807) is 0 Å². The van der Waals surface area contributed by atoms with Crippen molar-refractivity contribution >= 4 is 5.91 Å². The zero-order valence-electron chi connectivity index (χ0n) is 14.2. The van der Waals surface area contributed by atoms with Gasteiger partial charge in [-0.25, -0.2) is 0 Å². The second-order valence-electron chi connectivity index (χ2n) is 5.85.